The van der Waals surface area contributed by atoms with Gasteiger partial charge in [-0.3, -0.25) is 4.79 Å². The summed E-state index contributed by atoms with van der Waals surface area (Å²) in [6, 6.07) is 9.37. The van der Waals surface area contributed by atoms with Crippen molar-refractivity contribution in [1.82, 2.24) is 0 Å². The number of benzene rings is 1. The Labute approximate surface area is 87.3 Å². The fraction of sp³-hybridized carbons (Fsp3) is 0.364. The van der Waals surface area contributed by atoms with Crippen molar-refractivity contribution in [3.8, 4) is 0 Å². The molecule has 1 aromatic rings. The fourth-order valence-corrected chi connectivity index (χ4v) is 1.33. The summed E-state index contributed by atoms with van der Waals surface area (Å²) >= 11 is 3.39. The van der Waals surface area contributed by atoms with Crippen LogP contribution in [0.5, 0.6) is 0 Å². The van der Waals surface area contributed by atoms with Gasteiger partial charge >= 0.3 is 0 Å². The quantitative estimate of drug-likeness (QED) is 0.586. The summed E-state index contributed by atoms with van der Waals surface area (Å²) in [6.45, 7) is 4.06. The summed E-state index contributed by atoms with van der Waals surface area (Å²) in [5, 5.41) is 0. The Hall–Kier alpha value is -0.630. The van der Waals surface area contributed by atoms with Gasteiger partial charge in [0.1, 0.15) is 0 Å². The predicted molar refractivity (Wildman–Crippen MR) is 58.3 cm³/mol. The summed E-state index contributed by atoms with van der Waals surface area (Å²) in [7, 11) is 0. The third-order valence-electron chi connectivity index (χ3n) is 1.89. The van der Waals surface area contributed by atoms with E-state index in [-0.39, 0.29) is 10.6 Å². The molecular formula is C11H13BrO. The van der Waals surface area contributed by atoms with E-state index < -0.39 is 0 Å². The lowest BCUT2D eigenvalue weighted by Gasteiger charge is -2.11. The molecule has 0 heterocycles. The average molecular weight is 241 g/mol. The molecule has 0 N–H and O–H groups in total. The first kappa shape index (κ1) is 10.5. The van der Waals surface area contributed by atoms with E-state index in [1.165, 1.54) is 0 Å². The van der Waals surface area contributed by atoms with Crippen LogP contribution < -0.4 is 0 Å². The lowest BCUT2D eigenvalue weighted by Crippen LogP contribution is -2.19. The minimum absolute atomic E-state index is 0.0742. The molecular weight excluding hydrogens is 228 g/mol. The van der Waals surface area contributed by atoms with E-state index in [2.05, 4.69) is 15.9 Å². The van der Waals surface area contributed by atoms with Crippen molar-refractivity contribution in [1.29, 1.82) is 0 Å². The summed E-state index contributed by atoms with van der Waals surface area (Å²) in [6.07, 6.45) is 0. The highest BCUT2D eigenvalue weighted by Gasteiger charge is 2.19. The zero-order chi connectivity index (χ0) is 9.84. The van der Waals surface area contributed by atoms with Crippen molar-refractivity contribution in [2.24, 2.45) is 5.92 Å². The maximum atomic E-state index is 11.7. The minimum Gasteiger partial charge on any atom is -0.293 e. The molecule has 0 aliphatic rings. The van der Waals surface area contributed by atoms with E-state index in [1.807, 2.05) is 44.2 Å². The first-order chi connectivity index (χ1) is 6.13. The summed E-state index contributed by atoms with van der Waals surface area (Å²) < 4.78 is 0. The third kappa shape index (κ3) is 2.66. The molecule has 13 heavy (non-hydrogen) atoms. The van der Waals surface area contributed by atoms with Gasteiger partial charge in [-0.15, -0.1) is 0 Å². The Bertz CT molecular complexity index is 279. The maximum absolute atomic E-state index is 11.7. The SMILES string of the molecule is CC(C)[C@@H](Br)C(=O)c1ccccc1. The number of hydrogen-bond acceptors (Lipinski definition) is 1. The van der Waals surface area contributed by atoms with Crippen LogP contribution in [-0.4, -0.2) is 10.6 Å². The van der Waals surface area contributed by atoms with Crippen LogP contribution in [0.4, 0.5) is 0 Å². The van der Waals surface area contributed by atoms with Crippen molar-refractivity contribution in [3.05, 3.63) is 35.9 Å². The molecule has 1 rings (SSSR count). The van der Waals surface area contributed by atoms with Crippen molar-refractivity contribution >= 4 is 21.7 Å². The van der Waals surface area contributed by atoms with Gasteiger partial charge in [0, 0.05) is 5.56 Å². The predicted octanol–water partition coefficient (Wildman–Crippen LogP) is 3.29. The Balaban J connectivity index is 2.80. The van der Waals surface area contributed by atoms with Crippen LogP contribution in [0.3, 0.4) is 0 Å². The van der Waals surface area contributed by atoms with Crippen molar-refractivity contribution < 1.29 is 4.79 Å². The summed E-state index contributed by atoms with van der Waals surface area (Å²) in [4.78, 5) is 11.7. The number of alkyl halides is 1. The number of halogens is 1. The molecule has 0 aliphatic carbocycles. The zero-order valence-corrected chi connectivity index (χ0v) is 9.41. The highest BCUT2D eigenvalue weighted by molar-refractivity contribution is 9.10. The van der Waals surface area contributed by atoms with Crippen LogP contribution in [0.25, 0.3) is 0 Å². The summed E-state index contributed by atoms with van der Waals surface area (Å²) in [5.74, 6) is 0.489. The first-order valence-electron chi connectivity index (χ1n) is 4.36. The molecule has 1 aromatic carbocycles. The zero-order valence-electron chi connectivity index (χ0n) is 7.83. The van der Waals surface area contributed by atoms with Crippen molar-refractivity contribution in [2.45, 2.75) is 18.7 Å². The molecule has 0 radical (unpaired) electrons. The van der Waals surface area contributed by atoms with E-state index >= 15 is 0 Å². The number of Topliss-reactive ketones (excluding diaryl/α,β-unsaturated/α-hetero) is 1. The van der Waals surface area contributed by atoms with Gasteiger partial charge in [0.2, 0.25) is 0 Å². The van der Waals surface area contributed by atoms with E-state index in [0.29, 0.717) is 5.92 Å². The molecule has 0 amide bonds. The Kier molecular flexibility index (Phi) is 3.67. The number of carbonyl (C=O) groups is 1. The van der Waals surface area contributed by atoms with Crippen LogP contribution in [0.2, 0.25) is 0 Å². The van der Waals surface area contributed by atoms with Gasteiger partial charge in [0.25, 0.3) is 0 Å². The molecule has 1 atom stereocenters. The van der Waals surface area contributed by atoms with Crippen molar-refractivity contribution in [2.75, 3.05) is 0 Å². The Morgan fingerprint density at radius 2 is 1.77 bits per heavy atom. The van der Waals surface area contributed by atoms with Gasteiger partial charge < -0.3 is 0 Å². The Morgan fingerprint density at radius 1 is 1.23 bits per heavy atom. The van der Waals surface area contributed by atoms with E-state index in [9.17, 15) is 4.79 Å². The second-order valence-electron chi connectivity index (χ2n) is 3.38. The van der Waals surface area contributed by atoms with Crippen LogP contribution in [-0.2, 0) is 0 Å². The lowest BCUT2D eigenvalue weighted by atomic mass is 10.0. The topological polar surface area (TPSA) is 17.1 Å². The highest BCUT2D eigenvalue weighted by atomic mass is 79.9. The second kappa shape index (κ2) is 4.56. The maximum Gasteiger partial charge on any atom is 0.176 e. The van der Waals surface area contributed by atoms with Crippen molar-refractivity contribution in [3.63, 3.8) is 0 Å². The first-order valence-corrected chi connectivity index (χ1v) is 5.28. The molecule has 0 saturated carbocycles. The number of hydrogen-bond donors (Lipinski definition) is 0. The fourth-order valence-electron chi connectivity index (χ4n) is 1.06. The Morgan fingerprint density at radius 3 is 2.23 bits per heavy atom. The monoisotopic (exact) mass is 240 g/mol. The largest absolute Gasteiger partial charge is 0.293 e. The molecule has 0 aliphatic heterocycles. The average Bonchev–Trinajstić information content (AvgIpc) is 2.17. The second-order valence-corrected chi connectivity index (χ2v) is 4.36. The van der Waals surface area contributed by atoms with Gasteiger partial charge in [-0.2, -0.15) is 0 Å². The molecule has 1 nitrogen and oxygen atoms in total. The number of ketones is 1. The van der Waals surface area contributed by atoms with Gasteiger partial charge in [0.15, 0.2) is 5.78 Å². The normalized spacial score (nSPS) is 12.9. The molecule has 0 aromatic heterocycles. The molecule has 2 heteroatoms. The van der Waals surface area contributed by atoms with Crippen LogP contribution in [0.15, 0.2) is 30.3 Å². The molecule has 0 unspecified atom stereocenters. The standard InChI is InChI=1S/C11H13BrO/c1-8(2)10(12)11(13)9-6-4-3-5-7-9/h3-8,10H,1-2H3/t10-/m1/s1. The molecule has 0 bridgehead atoms. The van der Waals surface area contributed by atoms with Gasteiger partial charge in [-0.25, -0.2) is 0 Å². The molecule has 0 saturated heterocycles. The minimum atomic E-state index is -0.0742. The van der Waals surface area contributed by atoms with Gasteiger partial charge in [-0.1, -0.05) is 60.1 Å². The summed E-state index contributed by atoms with van der Waals surface area (Å²) in [5.41, 5.74) is 0.776. The van der Waals surface area contributed by atoms with Crippen LogP contribution in [0, 0.1) is 5.92 Å². The number of rotatable bonds is 3. The third-order valence-corrected chi connectivity index (χ3v) is 3.37. The molecule has 0 spiro atoms. The smallest absolute Gasteiger partial charge is 0.176 e. The van der Waals surface area contributed by atoms with E-state index in [0.717, 1.165) is 5.56 Å². The van der Waals surface area contributed by atoms with Crippen LogP contribution >= 0.6 is 15.9 Å². The van der Waals surface area contributed by atoms with Gasteiger partial charge in [-0.05, 0) is 5.92 Å². The highest BCUT2D eigenvalue weighted by Crippen LogP contribution is 2.17. The van der Waals surface area contributed by atoms with Crippen LogP contribution in [0.1, 0.15) is 24.2 Å². The lowest BCUT2D eigenvalue weighted by molar-refractivity contribution is 0.0978. The van der Waals surface area contributed by atoms with Gasteiger partial charge in [0.05, 0.1) is 4.83 Å². The molecule has 70 valence electrons. The molecule has 0 fully saturated rings. The number of carbonyl (C=O) groups excluding carboxylic acids is 1. The van der Waals surface area contributed by atoms with E-state index in [4.69, 9.17) is 0 Å². The van der Waals surface area contributed by atoms with E-state index in [1.54, 1.807) is 0 Å².